The number of nitro benzene ring substituents is 1. The van der Waals surface area contributed by atoms with Crippen molar-refractivity contribution in [2.45, 2.75) is 44.2 Å². The van der Waals surface area contributed by atoms with E-state index < -0.39 is 17.0 Å². The van der Waals surface area contributed by atoms with E-state index in [2.05, 4.69) is 11.4 Å². The number of carbonyl (C=O) groups is 2. The van der Waals surface area contributed by atoms with E-state index >= 15 is 0 Å². The molecule has 0 spiro atoms. The van der Waals surface area contributed by atoms with Crippen LogP contribution in [0.4, 0.5) is 5.69 Å². The minimum atomic E-state index is -0.901. The Hall–Kier alpha value is -4.13. The van der Waals surface area contributed by atoms with Crippen LogP contribution in [-0.2, 0) is 16.0 Å². The molecule has 0 bridgehead atoms. The van der Waals surface area contributed by atoms with Crippen LogP contribution in [0.15, 0.2) is 42.5 Å². The summed E-state index contributed by atoms with van der Waals surface area (Å²) in [6.07, 6.45) is 2.67. The molecule has 0 aromatic heterocycles. The number of benzene rings is 2. The average molecular weight is 481 g/mol. The predicted molar refractivity (Wildman–Crippen MR) is 127 cm³/mol. The maximum absolute atomic E-state index is 13.0. The number of nitro groups is 1. The van der Waals surface area contributed by atoms with Crippen molar-refractivity contribution < 1.29 is 24.0 Å². The van der Waals surface area contributed by atoms with Crippen LogP contribution in [0.1, 0.15) is 42.9 Å². The number of nitrogens with one attached hydrogen (secondary N) is 1. The van der Waals surface area contributed by atoms with Gasteiger partial charge in [0.15, 0.2) is 11.5 Å². The lowest BCUT2D eigenvalue weighted by atomic mass is 10.1. The lowest BCUT2D eigenvalue weighted by molar-refractivity contribution is -0.384. The molecule has 1 saturated heterocycles. The summed E-state index contributed by atoms with van der Waals surface area (Å²) < 4.78 is 10.5. The summed E-state index contributed by atoms with van der Waals surface area (Å²) >= 11 is 0. The lowest BCUT2D eigenvalue weighted by Crippen LogP contribution is -2.46. The Balaban J connectivity index is 1.57. The first-order chi connectivity index (χ1) is 16.9. The standard InChI is InChI=1S/C25H28N4O6/c1-34-22-13-10-18(15-23(22)35-2)20(16-26)27-25(31)21-6-4-14-28(21)24(30)7-3-5-17-8-11-19(12-9-17)29(32)33/h8-13,15,20-21H,3-7,14H2,1-2H3,(H,27,31)/t20?,21-/m0/s1. The van der Waals surface area contributed by atoms with Crippen molar-refractivity contribution in [1.29, 1.82) is 5.26 Å². The first kappa shape index (κ1) is 25.5. The molecule has 0 aliphatic carbocycles. The van der Waals surface area contributed by atoms with Crippen LogP contribution in [0.5, 0.6) is 11.5 Å². The van der Waals surface area contributed by atoms with Gasteiger partial charge in [0.2, 0.25) is 11.8 Å². The molecular weight excluding hydrogens is 452 g/mol. The Morgan fingerprint density at radius 3 is 2.54 bits per heavy atom. The predicted octanol–water partition coefficient (Wildman–Crippen LogP) is 3.31. The van der Waals surface area contributed by atoms with E-state index in [9.17, 15) is 25.0 Å². The second-order valence-corrected chi connectivity index (χ2v) is 8.21. The molecule has 1 unspecified atom stereocenters. The van der Waals surface area contributed by atoms with Gasteiger partial charge in [-0.3, -0.25) is 19.7 Å². The topological polar surface area (TPSA) is 135 Å². The third-order valence-corrected chi connectivity index (χ3v) is 6.04. The molecule has 2 aromatic carbocycles. The molecule has 0 saturated carbocycles. The molecule has 1 aliphatic rings. The summed E-state index contributed by atoms with van der Waals surface area (Å²) in [6, 6.07) is 11.8. The average Bonchev–Trinajstić information content (AvgIpc) is 3.37. The highest BCUT2D eigenvalue weighted by Crippen LogP contribution is 2.30. The highest BCUT2D eigenvalue weighted by Gasteiger charge is 2.34. The van der Waals surface area contributed by atoms with Gasteiger partial charge in [-0.1, -0.05) is 18.2 Å². The molecule has 2 aromatic rings. The number of likely N-dealkylation sites (tertiary alicyclic amines) is 1. The van der Waals surface area contributed by atoms with Crippen LogP contribution in [0, 0.1) is 21.4 Å². The van der Waals surface area contributed by atoms with Gasteiger partial charge in [-0.15, -0.1) is 0 Å². The summed E-state index contributed by atoms with van der Waals surface area (Å²) in [5, 5.41) is 23.2. The van der Waals surface area contributed by atoms with Crippen molar-refractivity contribution in [1.82, 2.24) is 10.2 Å². The van der Waals surface area contributed by atoms with Gasteiger partial charge in [-0.05, 0) is 48.9 Å². The molecule has 1 N–H and O–H groups in total. The molecule has 35 heavy (non-hydrogen) atoms. The number of aryl methyl sites for hydroxylation is 1. The van der Waals surface area contributed by atoms with E-state index in [0.29, 0.717) is 49.3 Å². The smallest absolute Gasteiger partial charge is 0.269 e. The van der Waals surface area contributed by atoms with Gasteiger partial charge in [0, 0.05) is 25.1 Å². The summed E-state index contributed by atoms with van der Waals surface area (Å²) in [7, 11) is 3.00. The number of nitrogens with zero attached hydrogens (tertiary/aromatic N) is 3. The number of rotatable bonds is 10. The molecule has 1 heterocycles. The molecule has 2 atom stereocenters. The van der Waals surface area contributed by atoms with E-state index in [1.807, 2.05) is 0 Å². The quantitative estimate of drug-likeness (QED) is 0.407. The normalized spacial score (nSPS) is 15.7. The number of amides is 2. The Morgan fingerprint density at radius 1 is 1.20 bits per heavy atom. The largest absolute Gasteiger partial charge is 0.493 e. The highest BCUT2D eigenvalue weighted by molar-refractivity contribution is 5.88. The number of nitriles is 1. The number of carbonyl (C=O) groups excluding carboxylic acids is 2. The van der Waals surface area contributed by atoms with E-state index in [4.69, 9.17) is 9.47 Å². The van der Waals surface area contributed by atoms with Crippen LogP contribution < -0.4 is 14.8 Å². The molecule has 10 heteroatoms. The van der Waals surface area contributed by atoms with Crippen LogP contribution in [0.25, 0.3) is 0 Å². The number of hydrogen-bond acceptors (Lipinski definition) is 7. The number of hydrogen-bond donors (Lipinski definition) is 1. The number of ether oxygens (including phenoxy) is 2. The Morgan fingerprint density at radius 2 is 1.91 bits per heavy atom. The van der Waals surface area contributed by atoms with Gasteiger partial charge in [0.1, 0.15) is 12.1 Å². The van der Waals surface area contributed by atoms with Crippen molar-refractivity contribution in [2.75, 3.05) is 20.8 Å². The molecule has 1 fully saturated rings. The first-order valence-electron chi connectivity index (χ1n) is 11.3. The van der Waals surface area contributed by atoms with E-state index in [1.165, 1.54) is 26.4 Å². The van der Waals surface area contributed by atoms with Gasteiger partial charge in [0.05, 0.1) is 25.2 Å². The molecule has 2 amide bonds. The van der Waals surface area contributed by atoms with Gasteiger partial charge in [-0.25, -0.2) is 0 Å². The molecule has 184 valence electrons. The Kier molecular flexibility index (Phi) is 8.62. The minimum absolute atomic E-state index is 0.0273. The molecule has 3 rings (SSSR count). The maximum Gasteiger partial charge on any atom is 0.269 e. The van der Waals surface area contributed by atoms with Gasteiger partial charge in [-0.2, -0.15) is 5.26 Å². The third kappa shape index (κ3) is 6.26. The zero-order valence-electron chi connectivity index (χ0n) is 19.7. The van der Waals surface area contributed by atoms with E-state index in [1.54, 1.807) is 35.2 Å². The summed E-state index contributed by atoms with van der Waals surface area (Å²) in [5.74, 6) is 0.475. The highest BCUT2D eigenvalue weighted by atomic mass is 16.6. The Bertz CT molecular complexity index is 1110. The first-order valence-corrected chi connectivity index (χ1v) is 11.3. The van der Waals surface area contributed by atoms with E-state index in [-0.39, 0.29) is 23.9 Å². The van der Waals surface area contributed by atoms with Crippen molar-refractivity contribution in [3.8, 4) is 17.6 Å². The lowest BCUT2D eigenvalue weighted by Gasteiger charge is -2.25. The fraction of sp³-hybridized carbons (Fsp3) is 0.400. The van der Waals surface area contributed by atoms with Crippen molar-refractivity contribution >= 4 is 17.5 Å². The van der Waals surface area contributed by atoms with Crippen molar-refractivity contribution in [2.24, 2.45) is 0 Å². The van der Waals surface area contributed by atoms with Crippen LogP contribution in [0.3, 0.4) is 0 Å². The maximum atomic E-state index is 13.0. The van der Waals surface area contributed by atoms with Gasteiger partial charge >= 0.3 is 0 Å². The molecule has 1 aliphatic heterocycles. The monoisotopic (exact) mass is 480 g/mol. The summed E-state index contributed by atoms with van der Waals surface area (Å²) in [5.41, 5.74) is 1.49. The van der Waals surface area contributed by atoms with Crippen LogP contribution in [0.2, 0.25) is 0 Å². The SMILES string of the molecule is COc1ccc(C(C#N)NC(=O)[C@@H]2CCCN2C(=O)CCCc2ccc([N+](=O)[O-])cc2)cc1OC. The second-order valence-electron chi connectivity index (χ2n) is 8.21. The Labute approximate surface area is 203 Å². The zero-order chi connectivity index (χ0) is 25.4. The molecular formula is C25H28N4O6. The summed E-state index contributed by atoms with van der Waals surface area (Å²) in [6.45, 7) is 0.488. The van der Waals surface area contributed by atoms with E-state index in [0.717, 1.165) is 5.56 Å². The molecule has 10 nitrogen and oxygen atoms in total. The zero-order valence-corrected chi connectivity index (χ0v) is 19.7. The second kappa shape index (κ2) is 11.8. The summed E-state index contributed by atoms with van der Waals surface area (Å²) in [4.78, 5) is 37.7. The van der Waals surface area contributed by atoms with Crippen molar-refractivity contribution in [3.63, 3.8) is 0 Å². The van der Waals surface area contributed by atoms with Gasteiger partial charge < -0.3 is 19.7 Å². The fourth-order valence-corrected chi connectivity index (χ4v) is 4.17. The van der Waals surface area contributed by atoms with Crippen molar-refractivity contribution in [3.05, 3.63) is 63.7 Å². The molecule has 0 radical (unpaired) electrons. The van der Waals surface area contributed by atoms with Crippen LogP contribution in [-0.4, -0.2) is 48.4 Å². The van der Waals surface area contributed by atoms with Gasteiger partial charge in [0.25, 0.3) is 5.69 Å². The number of non-ortho nitro benzene ring substituents is 1. The minimum Gasteiger partial charge on any atom is -0.493 e. The number of methoxy groups -OCH3 is 2. The third-order valence-electron chi connectivity index (χ3n) is 6.04. The fourth-order valence-electron chi connectivity index (χ4n) is 4.17. The van der Waals surface area contributed by atoms with Crippen LogP contribution >= 0.6 is 0 Å².